The summed E-state index contributed by atoms with van der Waals surface area (Å²) in [6.07, 6.45) is 2.65. The summed E-state index contributed by atoms with van der Waals surface area (Å²) in [6.45, 7) is 0. The highest BCUT2D eigenvalue weighted by Gasteiger charge is 1.92. The van der Waals surface area contributed by atoms with E-state index in [1.165, 1.54) is 0 Å². The highest BCUT2D eigenvalue weighted by molar-refractivity contribution is 7.78. The van der Waals surface area contributed by atoms with Gasteiger partial charge in [-0.15, -0.1) is 5.10 Å². The van der Waals surface area contributed by atoms with E-state index in [-0.39, 0.29) is 0 Å². The van der Waals surface area contributed by atoms with Gasteiger partial charge in [-0.3, -0.25) is 4.21 Å². The molecule has 0 bridgehead atoms. The number of aromatic nitrogens is 4. The van der Waals surface area contributed by atoms with Gasteiger partial charge >= 0.3 is 0 Å². The van der Waals surface area contributed by atoms with Gasteiger partial charge in [0.05, 0.1) is 5.69 Å². The van der Waals surface area contributed by atoms with Crippen LogP contribution < -0.4 is 0 Å². The largest absolute Gasteiger partial charge is 0.773 e. The van der Waals surface area contributed by atoms with Crippen molar-refractivity contribution in [2.75, 3.05) is 6.26 Å². The Hall–Kier alpha value is -1.60. The van der Waals surface area contributed by atoms with Crippen LogP contribution in [0, 0.1) is 0 Å². The Morgan fingerprint density at radius 1 is 1.33 bits per heavy atom. The summed E-state index contributed by atoms with van der Waals surface area (Å²) in [7, 11) is 0. The van der Waals surface area contributed by atoms with Crippen molar-refractivity contribution in [2.24, 2.45) is 0 Å². The molecule has 0 aliphatic rings. The molecule has 1 aromatic heterocycles. The summed E-state index contributed by atoms with van der Waals surface area (Å²) in [4.78, 5) is 0. The van der Waals surface area contributed by atoms with Gasteiger partial charge < -0.3 is 4.55 Å². The second-order valence-corrected chi connectivity index (χ2v) is 3.29. The standard InChI is InChI=1S/C7H6N4.CH4O2S/c1-2-4-7(5-3-1)11-6-8-9-10-11;1-4(2)3/h1-6H;1H3,(H,2,3)/p-1. The number of rotatable bonds is 1. The van der Waals surface area contributed by atoms with Gasteiger partial charge in [-0.25, -0.2) is 4.68 Å². The first-order valence-corrected chi connectivity index (χ1v) is 5.48. The van der Waals surface area contributed by atoms with Crippen molar-refractivity contribution in [3.05, 3.63) is 36.7 Å². The molecular formula is C8H9N4O2S-. The second kappa shape index (κ2) is 5.99. The summed E-state index contributed by atoms with van der Waals surface area (Å²) in [5, 5.41) is 10.8. The van der Waals surface area contributed by atoms with E-state index in [1.807, 2.05) is 30.3 Å². The van der Waals surface area contributed by atoms with Gasteiger partial charge in [0.15, 0.2) is 0 Å². The summed E-state index contributed by atoms with van der Waals surface area (Å²) in [6, 6.07) is 9.72. The third-order valence-corrected chi connectivity index (χ3v) is 1.37. The van der Waals surface area contributed by atoms with Gasteiger partial charge in [-0.2, -0.15) is 0 Å². The molecule has 15 heavy (non-hydrogen) atoms. The van der Waals surface area contributed by atoms with Gasteiger partial charge in [-0.05, 0) is 28.8 Å². The molecule has 1 heterocycles. The van der Waals surface area contributed by atoms with Crippen LogP contribution in [0.15, 0.2) is 36.7 Å². The lowest BCUT2D eigenvalue weighted by molar-refractivity contribution is 0.543. The smallest absolute Gasteiger partial charge is 0.143 e. The van der Waals surface area contributed by atoms with E-state index >= 15 is 0 Å². The molecule has 1 atom stereocenters. The van der Waals surface area contributed by atoms with Crippen LogP contribution in [-0.2, 0) is 11.1 Å². The highest BCUT2D eigenvalue weighted by Crippen LogP contribution is 2.01. The zero-order valence-corrected chi connectivity index (χ0v) is 8.79. The number of nitrogens with zero attached hydrogens (tertiary/aromatic N) is 4. The lowest BCUT2D eigenvalue weighted by Gasteiger charge is -1.94. The fourth-order valence-electron chi connectivity index (χ4n) is 0.860. The monoisotopic (exact) mass is 225 g/mol. The maximum atomic E-state index is 9.00. The van der Waals surface area contributed by atoms with Crippen LogP contribution in [0.25, 0.3) is 5.69 Å². The lowest BCUT2D eigenvalue weighted by Crippen LogP contribution is -1.93. The summed E-state index contributed by atoms with van der Waals surface area (Å²) >= 11 is -1.86. The molecule has 0 amide bonds. The van der Waals surface area contributed by atoms with E-state index < -0.39 is 11.1 Å². The maximum absolute atomic E-state index is 9.00. The Morgan fingerprint density at radius 3 is 2.40 bits per heavy atom. The number of tetrazole rings is 1. The quantitative estimate of drug-likeness (QED) is 0.645. The van der Waals surface area contributed by atoms with Crippen LogP contribution in [0.3, 0.4) is 0 Å². The Kier molecular flexibility index (Phi) is 4.58. The third-order valence-electron chi connectivity index (χ3n) is 1.37. The molecule has 0 saturated heterocycles. The van der Waals surface area contributed by atoms with Crippen molar-refractivity contribution in [3.63, 3.8) is 0 Å². The predicted molar refractivity (Wildman–Crippen MR) is 54.0 cm³/mol. The van der Waals surface area contributed by atoms with E-state index in [1.54, 1.807) is 11.0 Å². The van der Waals surface area contributed by atoms with Gasteiger partial charge in [0.2, 0.25) is 0 Å². The van der Waals surface area contributed by atoms with Gasteiger partial charge in [0, 0.05) is 0 Å². The fourth-order valence-corrected chi connectivity index (χ4v) is 0.860. The van der Waals surface area contributed by atoms with E-state index in [0.29, 0.717) is 0 Å². The average Bonchev–Trinajstić information content (AvgIpc) is 2.71. The number of hydrogen-bond acceptors (Lipinski definition) is 5. The van der Waals surface area contributed by atoms with Crippen molar-refractivity contribution in [1.82, 2.24) is 20.2 Å². The van der Waals surface area contributed by atoms with Crippen molar-refractivity contribution in [3.8, 4) is 5.69 Å². The van der Waals surface area contributed by atoms with Crippen molar-refractivity contribution >= 4 is 11.1 Å². The molecular weight excluding hydrogens is 216 g/mol. The maximum Gasteiger partial charge on any atom is 0.143 e. The zero-order valence-electron chi connectivity index (χ0n) is 7.98. The van der Waals surface area contributed by atoms with E-state index in [4.69, 9.17) is 8.76 Å². The van der Waals surface area contributed by atoms with Crippen LogP contribution in [-0.4, -0.2) is 35.2 Å². The molecule has 6 nitrogen and oxygen atoms in total. The van der Waals surface area contributed by atoms with Crippen LogP contribution in [0.1, 0.15) is 0 Å². The number of para-hydroxylation sites is 1. The molecule has 1 aromatic carbocycles. The molecule has 80 valence electrons. The second-order valence-electron chi connectivity index (χ2n) is 2.49. The molecule has 0 saturated carbocycles. The van der Waals surface area contributed by atoms with Crippen molar-refractivity contribution in [2.45, 2.75) is 0 Å². The number of hydrogen-bond donors (Lipinski definition) is 0. The van der Waals surface area contributed by atoms with Gasteiger partial charge in [0.25, 0.3) is 0 Å². The zero-order chi connectivity index (χ0) is 11.1. The normalized spacial score (nSPS) is 11.3. The predicted octanol–water partition coefficient (Wildman–Crippen LogP) is 0.158. The average molecular weight is 225 g/mol. The Labute approximate surface area is 89.2 Å². The molecule has 7 heteroatoms. The molecule has 0 N–H and O–H groups in total. The Morgan fingerprint density at radius 2 is 1.93 bits per heavy atom. The molecule has 0 aliphatic carbocycles. The van der Waals surface area contributed by atoms with Crippen LogP contribution in [0.2, 0.25) is 0 Å². The van der Waals surface area contributed by atoms with E-state index in [9.17, 15) is 0 Å². The minimum Gasteiger partial charge on any atom is -0.773 e. The Bertz CT molecular complexity index is 400. The van der Waals surface area contributed by atoms with Crippen molar-refractivity contribution in [1.29, 1.82) is 0 Å². The summed E-state index contributed by atoms with van der Waals surface area (Å²) in [5.41, 5.74) is 0.970. The number of benzene rings is 1. The minimum absolute atomic E-state index is 0.970. The SMILES string of the molecule is CS(=O)[O-].c1ccc(-n2cnnn2)cc1. The van der Waals surface area contributed by atoms with Gasteiger partial charge in [0.1, 0.15) is 6.33 Å². The molecule has 1 unspecified atom stereocenters. The lowest BCUT2D eigenvalue weighted by atomic mass is 10.3. The minimum atomic E-state index is -1.86. The molecule has 0 spiro atoms. The van der Waals surface area contributed by atoms with Gasteiger partial charge in [-0.1, -0.05) is 29.3 Å². The Balaban J connectivity index is 0.000000245. The fraction of sp³-hybridized carbons (Fsp3) is 0.125. The molecule has 0 fully saturated rings. The topological polar surface area (TPSA) is 83.7 Å². The first-order valence-electron chi connectivity index (χ1n) is 3.99. The molecule has 2 aromatic rings. The molecule has 0 radical (unpaired) electrons. The molecule has 2 rings (SSSR count). The first kappa shape index (κ1) is 11.5. The first-order chi connectivity index (χ1) is 7.20. The summed E-state index contributed by atoms with van der Waals surface area (Å²) in [5.74, 6) is 0. The third kappa shape index (κ3) is 4.43. The van der Waals surface area contributed by atoms with Crippen LogP contribution in [0.4, 0.5) is 0 Å². The summed E-state index contributed by atoms with van der Waals surface area (Å²) < 4.78 is 19.6. The molecule has 0 aliphatic heterocycles. The van der Waals surface area contributed by atoms with Crippen LogP contribution >= 0.6 is 0 Å². The van der Waals surface area contributed by atoms with E-state index in [2.05, 4.69) is 15.5 Å². The van der Waals surface area contributed by atoms with E-state index in [0.717, 1.165) is 11.9 Å². The van der Waals surface area contributed by atoms with Crippen LogP contribution in [0.5, 0.6) is 0 Å². The highest BCUT2D eigenvalue weighted by atomic mass is 32.2. The van der Waals surface area contributed by atoms with Crippen molar-refractivity contribution < 1.29 is 8.76 Å².